The summed E-state index contributed by atoms with van der Waals surface area (Å²) in [6.07, 6.45) is 1.76. The van der Waals surface area contributed by atoms with Crippen molar-refractivity contribution < 1.29 is 8.42 Å². The van der Waals surface area contributed by atoms with Crippen LogP contribution in [0.3, 0.4) is 0 Å². The van der Waals surface area contributed by atoms with Crippen molar-refractivity contribution in [1.82, 2.24) is 15.0 Å². The van der Waals surface area contributed by atoms with Gasteiger partial charge in [0.05, 0.1) is 21.3 Å². The van der Waals surface area contributed by atoms with Crippen LogP contribution in [0.2, 0.25) is 0 Å². The topological polar surface area (TPSA) is 126 Å². The molecule has 2 heterocycles. The zero-order valence-corrected chi connectivity index (χ0v) is 17.4. The van der Waals surface area contributed by atoms with Crippen molar-refractivity contribution in [3.8, 4) is 0 Å². The highest BCUT2D eigenvalue weighted by molar-refractivity contribution is 7.92. The number of benzene rings is 2. The molecular weight excluding hydrogens is 400 g/mol. The first-order valence-corrected chi connectivity index (χ1v) is 11.0. The van der Waals surface area contributed by atoms with Crippen LogP contribution in [0, 0.1) is 0 Å². The first-order chi connectivity index (χ1) is 14.3. The molecule has 0 amide bonds. The van der Waals surface area contributed by atoms with E-state index < -0.39 is 15.1 Å². The van der Waals surface area contributed by atoms with Crippen LogP contribution in [0.5, 0.6) is 0 Å². The number of H-pyrrole nitrogens is 1. The monoisotopic (exact) mass is 422 g/mol. The molecule has 0 aliphatic rings. The Morgan fingerprint density at radius 1 is 1.00 bits per heavy atom. The minimum Gasteiger partial charge on any atom is -0.399 e. The Balaban J connectivity index is 1.76. The summed E-state index contributed by atoms with van der Waals surface area (Å²) in [5.41, 5.74) is 9.02. The van der Waals surface area contributed by atoms with Crippen molar-refractivity contribution >= 4 is 49.7 Å². The zero-order chi connectivity index (χ0) is 21.3. The maximum atomic E-state index is 12.8. The van der Waals surface area contributed by atoms with Gasteiger partial charge in [-0.25, -0.2) is 13.4 Å². The lowest BCUT2D eigenvalue weighted by atomic mass is 10.3. The number of nitrogens with two attached hydrogens (primary N) is 1. The third-order valence-corrected chi connectivity index (χ3v) is 6.83. The molecule has 5 N–H and O–H groups in total. The molecule has 0 aliphatic carbocycles. The Morgan fingerprint density at radius 2 is 1.80 bits per heavy atom. The highest BCUT2D eigenvalue weighted by Crippen LogP contribution is 2.30. The number of nitrogen functional groups attached to an aromatic ring is 1. The van der Waals surface area contributed by atoms with E-state index in [9.17, 15) is 8.42 Å². The van der Waals surface area contributed by atoms with Crippen molar-refractivity contribution in [2.45, 2.75) is 24.0 Å². The summed E-state index contributed by atoms with van der Waals surface area (Å²) in [7, 11) is -3.48. The maximum absolute atomic E-state index is 12.8. The van der Waals surface area contributed by atoms with Crippen LogP contribution in [0.15, 0.2) is 65.7 Å². The quantitative estimate of drug-likeness (QED) is 0.343. The van der Waals surface area contributed by atoms with E-state index in [-0.39, 0.29) is 4.90 Å². The molecule has 2 aromatic carbocycles. The number of anilines is 5. The van der Waals surface area contributed by atoms with E-state index >= 15 is 0 Å². The number of sulfone groups is 1. The zero-order valence-electron chi connectivity index (χ0n) is 16.5. The van der Waals surface area contributed by atoms with Gasteiger partial charge in [0.15, 0.2) is 15.7 Å². The molecular formula is C21H22N6O2S. The molecule has 0 aliphatic heterocycles. The van der Waals surface area contributed by atoms with Gasteiger partial charge >= 0.3 is 0 Å². The lowest BCUT2D eigenvalue weighted by Gasteiger charge is -2.15. The van der Waals surface area contributed by atoms with Crippen LogP contribution < -0.4 is 16.4 Å². The number of aromatic amines is 1. The largest absolute Gasteiger partial charge is 0.399 e. The van der Waals surface area contributed by atoms with Crippen molar-refractivity contribution in [3.05, 3.63) is 60.8 Å². The molecule has 4 aromatic rings. The van der Waals surface area contributed by atoms with Crippen LogP contribution in [0.4, 0.5) is 28.8 Å². The molecule has 8 nitrogen and oxygen atoms in total. The average Bonchev–Trinajstić information content (AvgIpc) is 3.17. The number of nitrogens with one attached hydrogen (secondary N) is 3. The Morgan fingerprint density at radius 3 is 2.57 bits per heavy atom. The lowest BCUT2D eigenvalue weighted by Crippen LogP contribution is -2.15. The van der Waals surface area contributed by atoms with E-state index in [0.29, 0.717) is 34.2 Å². The molecule has 0 atom stereocenters. The minimum absolute atomic E-state index is 0.226. The summed E-state index contributed by atoms with van der Waals surface area (Å²) in [5.74, 6) is 0.821. The molecule has 154 valence electrons. The molecule has 0 saturated carbocycles. The lowest BCUT2D eigenvalue weighted by molar-refractivity contribution is 0.588. The van der Waals surface area contributed by atoms with Gasteiger partial charge < -0.3 is 21.4 Å². The number of hydrogen-bond donors (Lipinski definition) is 4. The Bertz CT molecular complexity index is 1310. The molecule has 0 fully saturated rings. The molecule has 30 heavy (non-hydrogen) atoms. The smallest absolute Gasteiger partial charge is 0.229 e. The molecule has 0 radical (unpaired) electrons. The summed E-state index contributed by atoms with van der Waals surface area (Å²) < 4.78 is 25.6. The fraction of sp³-hybridized carbons (Fsp3) is 0.143. The summed E-state index contributed by atoms with van der Waals surface area (Å²) in [4.78, 5) is 12.4. The molecule has 0 unspecified atom stereocenters. The normalized spacial score (nSPS) is 11.7. The van der Waals surface area contributed by atoms with Gasteiger partial charge in [0.25, 0.3) is 0 Å². The molecule has 0 bridgehead atoms. The second-order valence-corrected chi connectivity index (χ2v) is 9.57. The van der Waals surface area contributed by atoms with Gasteiger partial charge in [0, 0.05) is 17.6 Å². The summed E-state index contributed by atoms with van der Waals surface area (Å²) in [5, 5.41) is 5.77. The third-order valence-electron chi connectivity index (χ3n) is 4.62. The third kappa shape index (κ3) is 3.79. The number of fused-ring (bicyclic) bond motifs is 1. The van der Waals surface area contributed by atoms with Crippen molar-refractivity contribution in [2.24, 2.45) is 0 Å². The highest BCUT2D eigenvalue weighted by atomic mass is 32.2. The molecule has 0 spiro atoms. The highest BCUT2D eigenvalue weighted by Gasteiger charge is 2.23. The second-order valence-electron chi connectivity index (χ2n) is 7.10. The van der Waals surface area contributed by atoms with E-state index in [1.165, 1.54) is 0 Å². The summed E-state index contributed by atoms with van der Waals surface area (Å²) in [6.45, 7) is 3.32. The van der Waals surface area contributed by atoms with Crippen LogP contribution in [0.25, 0.3) is 11.0 Å². The summed E-state index contributed by atoms with van der Waals surface area (Å²) >= 11 is 0. The standard InChI is InChI=1S/C21H22N6O2S/c1-13(2)30(28,29)18-9-4-3-8-16(18)25-20-19-17(10-11-23-19)26-21(27-20)24-15-7-5-6-14(22)12-15/h3-13,23H,22H2,1-2H3,(H2,24,25,26,27). The molecule has 0 saturated heterocycles. The number of hydrogen-bond acceptors (Lipinski definition) is 7. The fourth-order valence-corrected chi connectivity index (χ4v) is 4.24. The van der Waals surface area contributed by atoms with Gasteiger partial charge in [-0.05, 0) is 50.2 Å². The fourth-order valence-electron chi connectivity index (χ4n) is 3.04. The molecule has 4 rings (SSSR count). The van der Waals surface area contributed by atoms with Gasteiger partial charge in [-0.1, -0.05) is 18.2 Å². The predicted octanol–water partition coefficient (Wildman–Crippen LogP) is 4.21. The van der Waals surface area contributed by atoms with Crippen molar-refractivity contribution in [1.29, 1.82) is 0 Å². The van der Waals surface area contributed by atoms with E-state index in [1.54, 1.807) is 56.4 Å². The SMILES string of the molecule is CC(C)S(=O)(=O)c1ccccc1Nc1nc(Nc2cccc(N)c2)nc2cc[nH]c12. The Labute approximate surface area is 174 Å². The van der Waals surface area contributed by atoms with Gasteiger partial charge in [0.2, 0.25) is 5.95 Å². The molecule has 2 aromatic heterocycles. The van der Waals surface area contributed by atoms with Crippen LogP contribution in [0.1, 0.15) is 13.8 Å². The van der Waals surface area contributed by atoms with Crippen LogP contribution in [-0.2, 0) is 9.84 Å². The van der Waals surface area contributed by atoms with E-state index in [0.717, 1.165) is 5.69 Å². The Kier molecular flexibility index (Phi) is 5.04. The van der Waals surface area contributed by atoms with Gasteiger partial charge in [-0.2, -0.15) is 4.98 Å². The van der Waals surface area contributed by atoms with E-state index in [2.05, 4.69) is 25.6 Å². The van der Waals surface area contributed by atoms with Crippen LogP contribution >= 0.6 is 0 Å². The van der Waals surface area contributed by atoms with Gasteiger partial charge in [0.1, 0.15) is 5.52 Å². The minimum atomic E-state index is -3.48. The first kappa shape index (κ1) is 19.7. The van der Waals surface area contributed by atoms with Crippen molar-refractivity contribution in [3.63, 3.8) is 0 Å². The maximum Gasteiger partial charge on any atom is 0.229 e. The molecule has 9 heteroatoms. The van der Waals surface area contributed by atoms with E-state index in [1.807, 2.05) is 18.2 Å². The second kappa shape index (κ2) is 7.68. The number of rotatable bonds is 6. The van der Waals surface area contributed by atoms with Crippen molar-refractivity contribution in [2.75, 3.05) is 16.4 Å². The number of aromatic nitrogens is 3. The van der Waals surface area contributed by atoms with Crippen LogP contribution in [-0.4, -0.2) is 28.6 Å². The predicted molar refractivity (Wildman–Crippen MR) is 120 cm³/mol. The number of nitrogens with zero attached hydrogens (tertiary/aromatic N) is 2. The van der Waals surface area contributed by atoms with Gasteiger partial charge in [-0.15, -0.1) is 0 Å². The van der Waals surface area contributed by atoms with Gasteiger partial charge in [-0.3, -0.25) is 0 Å². The summed E-state index contributed by atoms with van der Waals surface area (Å²) in [6, 6.07) is 15.9. The number of para-hydroxylation sites is 1. The first-order valence-electron chi connectivity index (χ1n) is 9.42. The Hall–Kier alpha value is -3.59. The van der Waals surface area contributed by atoms with E-state index in [4.69, 9.17) is 5.73 Å². The average molecular weight is 423 g/mol.